The molecule has 0 bridgehead atoms. The molecule has 0 fully saturated rings. The molecule has 3 rings (SSSR count). The first kappa shape index (κ1) is 18.6. The molecule has 2 N–H and O–H groups in total. The summed E-state index contributed by atoms with van der Waals surface area (Å²) in [6, 6.07) is 15.4. The lowest BCUT2D eigenvalue weighted by molar-refractivity contribution is 0.102. The highest BCUT2D eigenvalue weighted by atomic mass is 16.1. The molecule has 0 atom stereocenters. The minimum atomic E-state index is -0.266. The summed E-state index contributed by atoms with van der Waals surface area (Å²) in [4.78, 5) is 21.2. The number of hydrogen-bond donors (Lipinski definition) is 2. The SMILES string of the molecule is Cc1ccc(NC(=O)c2ccnc(Nc3c(C)cccc3C(C)C)n2)cc1. The van der Waals surface area contributed by atoms with Crippen LogP contribution < -0.4 is 10.6 Å². The number of para-hydroxylation sites is 1. The van der Waals surface area contributed by atoms with Gasteiger partial charge in [0.25, 0.3) is 5.91 Å². The molecule has 5 heteroatoms. The summed E-state index contributed by atoms with van der Waals surface area (Å²) in [5, 5.41) is 6.15. The molecule has 0 unspecified atom stereocenters. The fraction of sp³-hybridized carbons (Fsp3) is 0.227. The van der Waals surface area contributed by atoms with Crippen molar-refractivity contribution < 1.29 is 4.79 Å². The van der Waals surface area contributed by atoms with Gasteiger partial charge in [-0.15, -0.1) is 0 Å². The van der Waals surface area contributed by atoms with Crippen LogP contribution in [0.1, 0.15) is 46.9 Å². The molecule has 0 aliphatic rings. The van der Waals surface area contributed by atoms with Crippen LogP contribution in [0.2, 0.25) is 0 Å². The van der Waals surface area contributed by atoms with E-state index in [2.05, 4.69) is 40.5 Å². The summed E-state index contributed by atoms with van der Waals surface area (Å²) < 4.78 is 0. The number of amides is 1. The summed E-state index contributed by atoms with van der Waals surface area (Å²) in [7, 11) is 0. The van der Waals surface area contributed by atoms with E-state index in [1.165, 1.54) is 5.56 Å². The number of anilines is 3. The maximum atomic E-state index is 12.5. The first-order valence-corrected chi connectivity index (χ1v) is 9.01. The zero-order chi connectivity index (χ0) is 19.4. The van der Waals surface area contributed by atoms with Crippen molar-refractivity contribution >= 4 is 23.2 Å². The van der Waals surface area contributed by atoms with Crippen LogP contribution in [-0.2, 0) is 0 Å². The molecule has 27 heavy (non-hydrogen) atoms. The molecule has 2 aromatic carbocycles. The lowest BCUT2D eigenvalue weighted by atomic mass is 9.98. The van der Waals surface area contributed by atoms with E-state index in [-0.39, 0.29) is 5.91 Å². The number of hydrogen-bond acceptors (Lipinski definition) is 4. The largest absolute Gasteiger partial charge is 0.324 e. The summed E-state index contributed by atoms with van der Waals surface area (Å²) in [6.45, 7) is 8.34. The number of carbonyl (C=O) groups excluding carboxylic acids is 1. The van der Waals surface area contributed by atoms with Crippen molar-refractivity contribution in [2.45, 2.75) is 33.6 Å². The Morgan fingerprint density at radius 1 is 1.00 bits per heavy atom. The van der Waals surface area contributed by atoms with Gasteiger partial charge in [-0.1, -0.05) is 49.7 Å². The summed E-state index contributed by atoms with van der Waals surface area (Å²) in [5.41, 5.74) is 5.48. The Bertz CT molecular complexity index is 949. The van der Waals surface area contributed by atoms with Gasteiger partial charge in [0.2, 0.25) is 5.95 Å². The lowest BCUT2D eigenvalue weighted by Crippen LogP contribution is -2.15. The Morgan fingerprint density at radius 2 is 1.74 bits per heavy atom. The first-order valence-electron chi connectivity index (χ1n) is 9.01. The van der Waals surface area contributed by atoms with E-state index in [0.717, 1.165) is 22.5 Å². The van der Waals surface area contributed by atoms with Gasteiger partial charge in [0.1, 0.15) is 5.69 Å². The van der Waals surface area contributed by atoms with Gasteiger partial charge in [-0.2, -0.15) is 0 Å². The smallest absolute Gasteiger partial charge is 0.274 e. The Labute approximate surface area is 159 Å². The summed E-state index contributed by atoms with van der Waals surface area (Å²) in [6.07, 6.45) is 1.59. The highest BCUT2D eigenvalue weighted by molar-refractivity contribution is 6.03. The topological polar surface area (TPSA) is 66.9 Å². The first-order chi connectivity index (χ1) is 12.9. The van der Waals surface area contributed by atoms with Gasteiger partial charge in [0.05, 0.1) is 0 Å². The second kappa shape index (κ2) is 7.99. The molecule has 0 spiro atoms. The van der Waals surface area contributed by atoms with Gasteiger partial charge in [0.15, 0.2) is 0 Å². The molecule has 3 aromatic rings. The van der Waals surface area contributed by atoms with Crippen LogP contribution in [0.4, 0.5) is 17.3 Å². The number of nitrogens with zero attached hydrogens (tertiary/aromatic N) is 2. The molecule has 5 nitrogen and oxygen atoms in total. The van der Waals surface area contributed by atoms with Gasteiger partial charge in [-0.25, -0.2) is 9.97 Å². The van der Waals surface area contributed by atoms with E-state index in [1.54, 1.807) is 12.3 Å². The third-order valence-electron chi connectivity index (χ3n) is 4.36. The highest BCUT2D eigenvalue weighted by Crippen LogP contribution is 2.29. The van der Waals surface area contributed by atoms with Crippen LogP contribution in [0.5, 0.6) is 0 Å². The Morgan fingerprint density at radius 3 is 2.44 bits per heavy atom. The standard InChI is InChI=1S/C22H24N4O/c1-14(2)18-7-5-6-16(4)20(18)26-22-23-13-12-19(25-22)21(27)24-17-10-8-15(3)9-11-17/h5-14H,1-4H3,(H,24,27)(H,23,25,26). The van der Waals surface area contributed by atoms with E-state index in [4.69, 9.17) is 0 Å². The molecule has 0 aliphatic carbocycles. The van der Waals surface area contributed by atoms with Gasteiger partial charge < -0.3 is 10.6 Å². The van der Waals surface area contributed by atoms with Gasteiger partial charge >= 0.3 is 0 Å². The predicted octanol–water partition coefficient (Wildman–Crippen LogP) is 5.21. The average molecular weight is 360 g/mol. The molecule has 0 aliphatic heterocycles. The number of carbonyl (C=O) groups is 1. The second-order valence-electron chi connectivity index (χ2n) is 6.90. The highest BCUT2D eigenvalue weighted by Gasteiger charge is 2.13. The quantitative estimate of drug-likeness (QED) is 0.655. The van der Waals surface area contributed by atoms with Crippen molar-refractivity contribution in [3.05, 3.63) is 77.1 Å². The predicted molar refractivity (Wildman–Crippen MR) is 110 cm³/mol. The molecule has 1 aromatic heterocycles. The molecular weight excluding hydrogens is 336 g/mol. The van der Waals surface area contributed by atoms with Gasteiger partial charge in [-0.3, -0.25) is 4.79 Å². The number of benzene rings is 2. The maximum absolute atomic E-state index is 12.5. The number of aryl methyl sites for hydroxylation is 2. The number of aromatic nitrogens is 2. The number of rotatable bonds is 5. The molecule has 0 saturated carbocycles. The zero-order valence-electron chi connectivity index (χ0n) is 16.1. The third kappa shape index (κ3) is 4.50. The van der Waals surface area contributed by atoms with Crippen LogP contribution in [0.15, 0.2) is 54.7 Å². The molecule has 1 heterocycles. The van der Waals surface area contributed by atoms with Crippen molar-refractivity contribution in [3.8, 4) is 0 Å². The fourth-order valence-electron chi connectivity index (χ4n) is 2.83. The fourth-order valence-corrected chi connectivity index (χ4v) is 2.83. The third-order valence-corrected chi connectivity index (χ3v) is 4.36. The van der Waals surface area contributed by atoms with Crippen molar-refractivity contribution in [2.75, 3.05) is 10.6 Å². The average Bonchev–Trinajstić information content (AvgIpc) is 2.65. The van der Waals surface area contributed by atoms with E-state index in [9.17, 15) is 4.79 Å². The molecule has 0 saturated heterocycles. The monoisotopic (exact) mass is 360 g/mol. The zero-order valence-corrected chi connectivity index (χ0v) is 16.1. The van der Waals surface area contributed by atoms with Crippen molar-refractivity contribution in [3.63, 3.8) is 0 Å². The van der Waals surface area contributed by atoms with Crippen LogP contribution >= 0.6 is 0 Å². The van der Waals surface area contributed by atoms with Crippen molar-refractivity contribution in [1.29, 1.82) is 0 Å². The maximum Gasteiger partial charge on any atom is 0.274 e. The Hall–Kier alpha value is -3.21. The van der Waals surface area contributed by atoms with Gasteiger partial charge in [0, 0.05) is 17.6 Å². The summed E-state index contributed by atoms with van der Waals surface area (Å²) >= 11 is 0. The molecular formula is C22H24N4O. The van der Waals surface area contributed by atoms with E-state index in [1.807, 2.05) is 50.2 Å². The minimum absolute atomic E-state index is 0.266. The van der Waals surface area contributed by atoms with Crippen LogP contribution in [-0.4, -0.2) is 15.9 Å². The molecule has 138 valence electrons. The molecule has 1 amide bonds. The van der Waals surface area contributed by atoms with Crippen LogP contribution in [0.3, 0.4) is 0 Å². The van der Waals surface area contributed by atoms with E-state index in [0.29, 0.717) is 17.6 Å². The van der Waals surface area contributed by atoms with Crippen LogP contribution in [0.25, 0.3) is 0 Å². The van der Waals surface area contributed by atoms with Crippen LogP contribution in [0, 0.1) is 13.8 Å². The van der Waals surface area contributed by atoms with E-state index < -0.39 is 0 Å². The second-order valence-corrected chi connectivity index (χ2v) is 6.90. The van der Waals surface area contributed by atoms with E-state index >= 15 is 0 Å². The van der Waals surface area contributed by atoms with Crippen molar-refractivity contribution in [1.82, 2.24) is 9.97 Å². The molecule has 0 radical (unpaired) electrons. The Kier molecular flexibility index (Phi) is 5.50. The lowest BCUT2D eigenvalue weighted by Gasteiger charge is -2.16. The van der Waals surface area contributed by atoms with Gasteiger partial charge in [-0.05, 0) is 49.1 Å². The van der Waals surface area contributed by atoms with Crippen molar-refractivity contribution in [2.24, 2.45) is 0 Å². The Balaban J connectivity index is 1.82. The normalized spacial score (nSPS) is 10.7. The number of nitrogens with one attached hydrogen (secondary N) is 2. The minimum Gasteiger partial charge on any atom is -0.324 e. The summed E-state index contributed by atoms with van der Waals surface area (Å²) in [5.74, 6) is 0.501.